The van der Waals surface area contributed by atoms with Crippen LogP contribution in [0.2, 0.25) is 0 Å². The molecule has 0 saturated heterocycles. The third-order valence-electron chi connectivity index (χ3n) is 4.75. The molecule has 1 unspecified atom stereocenters. The second kappa shape index (κ2) is 6.81. The lowest BCUT2D eigenvalue weighted by molar-refractivity contribution is 0.283. The highest BCUT2D eigenvalue weighted by Gasteiger charge is 2.43. The Bertz CT molecular complexity index is 733. The zero-order valence-corrected chi connectivity index (χ0v) is 15.8. The van der Waals surface area contributed by atoms with Gasteiger partial charge in [-0.1, -0.05) is 54.6 Å². The maximum Gasteiger partial charge on any atom is 0.286 e. The third-order valence-corrected chi connectivity index (χ3v) is 7.93. The number of nitrogens with zero attached hydrogens (tertiary/aromatic N) is 3. The minimum absolute atomic E-state index is 0.00628. The molecule has 1 atom stereocenters. The molecule has 4 nitrogen and oxygen atoms in total. The van der Waals surface area contributed by atoms with E-state index < -0.39 is 7.59 Å². The van der Waals surface area contributed by atoms with E-state index in [0.717, 1.165) is 13.0 Å². The molecule has 0 N–H and O–H groups in total. The minimum atomic E-state index is -2.82. The smallest absolute Gasteiger partial charge is 0.270 e. The first-order valence-electron chi connectivity index (χ1n) is 8.31. The van der Waals surface area contributed by atoms with E-state index in [1.54, 1.807) is 0 Å². The van der Waals surface area contributed by atoms with Crippen molar-refractivity contribution in [3.05, 3.63) is 71.3 Å². The standard InChI is InChI=1S/C19H26N3OP/c1-20(2)24(23,21(3)4)22-15-14-16-10-8-9-13-18(16)19(22)17-11-6-5-7-12-17/h5-13,19H,14-15H2,1-4H3. The van der Waals surface area contributed by atoms with Crippen molar-refractivity contribution in [1.82, 2.24) is 14.0 Å². The van der Waals surface area contributed by atoms with E-state index in [1.807, 2.05) is 43.6 Å². The van der Waals surface area contributed by atoms with Crippen LogP contribution in [-0.4, -0.2) is 48.7 Å². The van der Waals surface area contributed by atoms with Crippen molar-refractivity contribution in [2.45, 2.75) is 12.5 Å². The normalized spacial score (nSPS) is 18.8. The summed E-state index contributed by atoms with van der Waals surface area (Å²) in [6, 6.07) is 19.0. The largest absolute Gasteiger partial charge is 0.286 e. The molecule has 3 rings (SSSR count). The molecular weight excluding hydrogens is 317 g/mol. The fourth-order valence-corrected chi connectivity index (χ4v) is 6.19. The summed E-state index contributed by atoms with van der Waals surface area (Å²) in [7, 11) is 4.81. The molecule has 0 bridgehead atoms. The molecule has 0 saturated carbocycles. The maximum absolute atomic E-state index is 13.9. The van der Waals surface area contributed by atoms with Gasteiger partial charge >= 0.3 is 0 Å². The average molecular weight is 343 g/mol. The fourth-order valence-electron chi connectivity index (χ4n) is 3.64. The summed E-state index contributed by atoms with van der Waals surface area (Å²) >= 11 is 0. The molecule has 0 fully saturated rings. The SMILES string of the molecule is CN(C)P(=O)(N(C)C)N1CCc2ccccc2C1c1ccccc1. The molecule has 0 amide bonds. The highest BCUT2D eigenvalue weighted by Crippen LogP contribution is 2.59. The molecule has 0 aromatic heterocycles. The van der Waals surface area contributed by atoms with Gasteiger partial charge in [-0.3, -0.25) is 4.57 Å². The van der Waals surface area contributed by atoms with Crippen molar-refractivity contribution in [3.63, 3.8) is 0 Å². The van der Waals surface area contributed by atoms with Crippen LogP contribution in [0.3, 0.4) is 0 Å². The van der Waals surface area contributed by atoms with Crippen molar-refractivity contribution in [2.75, 3.05) is 34.7 Å². The van der Waals surface area contributed by atoms with Crippen LogP contribution in [-0.2, 0) is 11.0 Å². The molecular formula is C19H26N3OP. The first-order valence-corrected chi connectivity index (χ1v) is 9.88. The van der Waals surface area contributed by atoms with Gasteiger partial charge in [0.1, 0.15) is 0 Å². The first kappa shape index (κ1) is 17.4. The van der Waals surface area contributed by atoms with Gasteiger partial charge in [0.2, 0.25) is 0 Å². The summed E-state index contributed by atoms with van der Waals surface area (Å²) in [6.45, 7) is 0.782. The fraction of sp³-hybridized carbons (Fsp3) is 0.368. The maximum atomic E-state index is 13.9. The van der Waals surface area contributed by atoms with E-state index in [2.05, 4.69) is 53.2 Å². The Hall–Kier alpha value is -1.45. The van der Waals surface area contributed by atoms with Crippen LogP contribution in [0.1, 0.15) is 22.7 Å². The topological polar surface area (TPSA) is 26.8 Å². The Balaban J connectivity index is 2.18. The zero-order valence-electron chi connectivity index (χ0n) is 14.9. The molecule has 2 aromatic rings. The molecule has 24 heavy (non-hydrogen) atoms. The lowest BCUT2D eigenvalue weighted by Crippen LogP contribution is -2.41. The van der Waals surface area contributed by atoms with Gasteiger partial charge in [0.25, 0.3) is 7.59 Å². The van der Waals surface area contributed by atoms with Crippen LogP contribution < -0.4 is 0 Å². The van der Waals surface area contributed by atoms with Crippen molar-refractivity contribution >= 4 is 7.59 Å². The monoisotopic (exact) mass is 343 g/mol. The van der Waals surface area contributed by atoms with E-state index in [0.29, 0.717) is 0 Å². The summed E-state index contributed by atoms with van der Waals surface area (Å²) in [4.78, 5) is 0. The van der Waals surface area contributed by atoms with E-state index in [4.69, 9.17) is 0 Å². The number of hydrogen-bond donors (Lipinski definition) is 0. The van der Waals surface area contributed by atoms with Gasteiger partial charge in [-0.05, 0) is 51.3 Å². The Morgan fingerprint density at radius 1 is 0.917 bits per heavy atom. The Labute approximate surface area is 145 Å². The van der Waals surface area contributed by atoms with Crippen LogP contribution in [0, 0.1) is 0 Å². The van der Waals surface area contributed by atoms with Crippen LogP contribution >= 0.6 is 7.59 Å². The highest BCUT2D eigenvalue weighted by atomic mass is 31.2. The Morgan fingerprint density at radius 2 is 1.50 bits per heavy atom. The second-order valence-corrected chi connectivity index (χ2v) is 9.77. The first-order chi connectivity index (χ1) is 11.5. The van der Waals surface area contributed by atoms with Crippen LogP contribution in [0.15, 0.2) is 54.6 Å². The van der Waals surface area contributed by atoms with Crippen molar-refractivity contribution in [3.8, 4) is 0 Å². The second-order valence-electron chi connectivity index (χ2n) is 6.63. The summed E-state index contributed by atoms with van der Waals surface area (Å²) < 4.78 is 19.9. The van der Waals surface area contributed by atoms with Gasteiger partial charge in [0, 0.05) is 6.54 Å². The molecule has 2 aromatic carbocycles. The molecule has 0 radical (unpaired) electrons. The van der Waals surface area contributed by atoms with Gasteiger partial charge in [0.05, 0.1) is 6.04 Å². The van der Waals surface area contributed by atoms with Crippen molar-refractivity contribution in [2.24, 2.45) is 0 Å². The lowest BCUT2D eigenvalue weighted by Gasteiger charge is -2.46. The summed E-state index contributed by atoms with van der Waals surface area (Å²) in [6.07, 6.45) is 0.922. The molecule has 5 heteroatoms. The molecule has 1 heterocycles. The quantitative estimate of drug-likeness (QED) is 0.788. The number of hydrogen-bond acceptors (Lipinski definition) is 1. The van der Waals surface area contributed by atoms with Gasteiger partial charge in [0.15, 0.2) is 0 Å². The van der Waals surface area contributed by atoms with Gasteiger partial charge in [-0.15, -0.1) is 0 Å². The predicted octanol–water partition coefficient (Wildman–Crippen LogP) is 3.87. The predicted molar refractivity (Wildman–Crippen MR) is 100 cm³/mol. The highest BCUT2D eigenvalue weighted by molar-refractivity contribution is 7.56. The van der Waals surface area contributed by atoms with E-state index in [1.165, 1.54) is 16.7 Å². The molecule has 0 spiro atoms. The van der Waals surface area contributed by atoms with Crippen LogP contribution in [0.25, 0.3) is 0 Å². The zero-order chi connectivity index (χ0) is 17.3. The molecule has 0 aliphatic carbocycles. The molecule has 128 valence electrons. The average Bonchev–Trinajstić information content (AvgIpc) is 2.60. The van der Waals surface area contributed by atoms with Gasteiger partial charge in [-0.25, -0.2) is 14.0 Å². The summed E-state index contributed by atoms with van der Waals surface area (Å²) in [5, 5.41) is 0. The van der Waals surface area contributed by atoms with Crippen molar-refractivity contribution < 1.29 is 4.57 Å². The van der Waals surface area contributed by atoms with Crippen LogP contribution in [0.5, 0.6) is 0 Å². The number of fused-ring (bicyclic) bond motifs is 1. The summed E-state index contributed by atoms with van der Waals surface area (Å²) in [5.74, 6) is 0. The van der Waals surface area contributed by atoms with Crippen molar-refractivity contribution in [1.29, 1.82) is 0 Å². The van der Waals surface area contributed by atoms with E-state index in [9.17, 15) is 4.57 Å². The molecule has 1 aliphatic rings. The van der Waals surface area contributed by atoms with Gasteiger partial charge in [-0.2, -0.15) is 0 Å². The van der Waals surface area contributed by atoms with E-state index in [-0.39, 0.29) is 6.04 Å². The minimum Gasteiger partial charge on any atom is -0.270 e. The third kappa shape index (κ3) is 2.84. The lowest BCUT2D eigenvalue weighted by atomic mass is 9.90. The number of rotatable bonds is 4. The van der Waals surface area contributed by atoms with Gasteiger partial charge < -0.3 is 0 Å². The Kier molecular flexibility index (Phi) is 4.93. The summed E-state index contributed by atoms with van der Waals surface area (Å²) in [5.41, 5.74) is 3.80. The van der Waals surface area contributed by atoms with E-state index >= 15 is 0 Å². The molecule has 1 aliphatic heterocycles. The van der Waals surface area contributed by atoms with Crippen LogP contribution in [0.4, 0.5) is 0 Å². The number of benzene rings is 2. The Morgan fingerprint density at radius 3 is 2.12 bits per heavy atom.